The number of benzene rings is 2. The van der Waals surface area contributed by atoms with E-state index >= 15 is 0 Å². The van der Waals surface area contributed by atoms with Gasteiger partial charge in [-0.05, 0) is 31.2 Å². The van der Waals surface area contributed by atoms with Crippen LogP contribution in [0.4, 0.5) is 5.69 Å². The number of amides is 3. The number of nitrogens with one attached hydrogen (secondary N) is 1. The molecule has 3 amide bonds. The van der Waals surface area contributed by atoms with Gasteiger partial charge in [-0.2, -0.15) is 0 Å². The standard InChI is InChI=1S/C22H22N2O7/c1-13-4-6-15-16(10-13)22(28)24(21(15)27)9-8-20(26)31-12-19(25)23-17-11-14(29-2)5-7-18(17)30-3/h4-7,10-11H,8-9,12H2,1-3H3,(H,23,25). The summed E-state index contributed by atoms with van der Waals surface area (Å²) in [6, 6.07) is 9.87. The average Bonchev–Trinajstić information content (AvgIpc) is 2.99. The molecule has 0 spiro atoms. The first-order valence-corrected chi connectivity index (χ1v) is 9.48. The Morgan fingerprint density at radius 3 is 2.42 bits per heavy atom. The number of hydrogen-bond donors (Lipinski definition) is 1. The molecule has 1 aliphatic rings. The van der Waals surface area contributed by atoms with E-state index in [1.807, 2.05) is 6.92 Å². The topological polar surface area (TPSA) is 111 Å². The number of carbonyl (C=O) groups excluding carboxylic acids is 4. The molecule has 0 bridgehead atoms. The molecule has 0 fully saturated rings. The number of fused-ring (bicyclic) bond motifs is 1. The zero-order valence-corrected chi connectivity index (χ0v) is 17.4. The number of hydrogen-bond acceptors (Lipinski definition) is 7. The largest absolute Gasteiger partial charge is 0.497 e. The Bertz CT molecular complexity index is 1050. The van der Waals surface area contributed by atoms with Crippen molar-refractivity contribution in [1.82, 2.24) is 4.90 Å². The number of methoxy groups -OCH3 is 2. The first-order valence-electron chi connectivity index (χ1n) is 9.48. The van der Waals surface area contributed by atoms with E-state index < -0.39 is 30.3 Å². The summed E-state index contributed by atoms with van der Waals surface area (Å²) in [4.78, 5) is 50.0. The highest BCUT2D eigenvalue weighted by Crippen LogP contribution is 2.29. The van der Waals surface area contributed by atoms with Crippen molar-refractivity contribution in [3.63, 3.8) is 0 Å². The van der Waals surface area contributed by atoms with Crippen LogP contribution in [0, 0.1) is 6.92 Å². The minimum Gasteiger partial charge on any atom is -0.497 e. The molecule has 0 unspecified atom stereocenters. The minimum absolute atomic E-state index is 0.129. The van der Waals surface area contributed by atoms with E-state index in [1.54, 1.807) is 36.4 Å². The van der Waals surface area contributed by atoms with Gasteiger partial charge in [0.15, 0.2) is 6.61 Å². The molecule has 31 heavy (non-hydrogen) atoms. The summed E-state index contributed by atoms with van der Waals surface area (Å²) in [6.07, 6.45) is -0.222. The lowest BCUT2D eigenvalue weighted by Crippen LogP contribution is -2.32. The van der Waals surface area contributed by atoms with Crippen molar-refractivity contribution in [1.29, 1.82) is 0 Å². The Morgan fingerprint density at radius 1 is 0.968 bits per heavy atom. The highest BCUT2D eigenvalue weighted by molar-refractivity contribution is 6.21. The predicted octanol–water partition coefficient (Wildman–Crippen LogP) is 2.18. The third kappa shape index (κ3) is 4.82. The summed E-state index contributed by atoms with van der Waals surface area (Å²) in [5.41, 5.74) is 1.87. The number of carbonyl (C=O) groups is 4. The van der Waals surface area contributed by atoms with Crippen LogP contribution >= 0.6 is 0 Å². The van der Waals surface area contributed by atoms with Gasteiger partial charge in [0.2, 0.25) is 0 Å². The fraction of sp³-hybridized carbons (Fsp3) is 0.273. The molecule has 0 aromatic heterocycles. The molecule has 9 nitrogen and oxygen atoms in total. The van der Waals surface area contributed by atoms with Crippen molar-refractivity contribution in [3.05, 3.63) is 53.1 Å². The van der Waals surface area contributed by atoms with Crippen molar-refractivity contribution in [2.75, 3.05) is 32.7 Å². The van der Waals surface area contributed by atoms with Gasteiger partial charge < -0.3 is 19.5 Å². The second kappa shape index (κ2) is 9.29. The first kappa shape index (κ1) is 21.8. The highest BCUT2D eigenvalue weighted by atomic mass is 16.5. The Hall–Kier alpha value is -3.88. The smallest absolute Gasteiger partial charge is 0.308 e. The SMILES string of the molecule is COc1ccc(OC)c(NC(=O)COC(=O)CCN2C(=O)c3ccc(C)cc3C2=O)c1. The van der Waals surface area contributed by atoms with E-state index in [1.165, 1.54) is 14.2 Å². The van der Waals surface area contributed by atoms with Gasteiger partial charge in [-0.3, -0.25) is 24.1 Å². The van der Waals surface area contributed by atoms with E-state index in [0.29, 0.717) is 28.3 Å². The average molecular weight is 426 g/mol. The fourth-order valence-corrected chi connectivity index (χ4v) is 3.13. The van der Waals surface area contributed by atoms with Crippen LogP contribution < -0.4 is 14.8 Å². The lowest BCUT2D eigenvalue weighted by molar-refractivity contribution is -0.147. The lowest BCUT2D eigenvalue weighted by atomic mass is 10.1. The maximum atomic E-state index is 12.4. The molecular weight excluding hydrogens is 404 g/mol. The molecule has 2 aromatic carbocycles. The second-order valence-electron chi connectivity index (χ2n) is 6.84. The second-order valence-corrected chi connectivity index (χ2v) is 6.84. The third-order valence-corrected chi connectivity index (χ3v) is 4.71. The molecule has 0 saturated carbocycles. The Balaban J connectivity index is 1.50. The van der Waals surface area contributed by atoms with Crippen LogP contribution in [0.1, 0.15) is 32.7 Å². The van der Waals surface area contributed by atoms with Crippen LogP contribution in [0.15, 0.2) is 36.4 Å². The van der Waals surface area contributed by atoms with Gasteiger partial charge in [0.05, 0.1) is 37.5 Å². The molecule has 9 heteroatoms. The number of ether oxygens (including phenoxy) is 3. The van der Waals surface area contributed by atoms with Crippen LogP contribution in [-0.2, 0) is 14.3 Å². The molecule has 3 rings (SSSR count). The van der Waals surface area contributed by atoms with E-state index in [4.69, 9.17) is 14.2 Å². The fourth-order valence-electron chi connectivity index (χ4n) is 3.13. The molecule has 162 valence electrons. The Morgan fingerprint density at radius 2 is 1.71 bits per heavy atom. The zero-order chi connectivity index (χ0) is 22.5. The van der Waals surface area contributed by atoms with Crippen LogP contribution in [-0.4, -0.2) is 56.0 Å². The van der Waals surface area contributed by atoms with E-state index in [9.17, 15) is 19.2 Å². The molecule has 0 aliphatic carbocycles. The van der Waals surface area contributed by atoms with Crippen LogP contribution in [0.25, 0.3) is 0 Å². The molecule has 1 aliphatic heterocycles. The molecule has 0 atom stereocenters. The number of esters is 1. The summed E-state index contributed by atoms with van der Waals surface area (Å²) in [6.45, 7) is 1.17. The Kier molecular flexibility index (Phi) is 6.54. The summed E-state index contributed by atoms with van der Waals surface area (Å²) in [7, 11) is 2.95. The number of rotatable bonds is 8. The van der Waals surface area contributed by atoms with Gasteiger partial charge in [-0.25, -0.2) is 0 Å². The lowest BCUT2D eigenvalue weighted by Gasteiger charge is -2.14. The van der Waals surface area contributed by atoms with Gasteiger partial charge in [-0.15, -0.1) is 0 Å². The summed E-state index contributed by atoms with van der Waals surface area (Å²) in [5, 5.41) is 2.58. The van der Waals surface area contributed by atoms with E-state index in [2.05, 4.69) is 5.32 Å². The predicted molar refractivity (Wildman–Crippen MR) is 110 cm³/mol. The quantitative estimate of drug-likeness (QED) is 0.509. The van der Waals surface area contributed by atoms with Crippen molar-refractivity contribution >= 4 is 29.4 Å². The van der Waals surface area contributed by atoms with Crippen LogP contribution in [0.2, 0.25) is 0 Å². The van der Waals surface area contributed by atoms with Gasteiger partial charge in [0.25, 0.3) is 17.7 Å². The van der Waals surface area contributed by atoms with Gasteiger partial charge in [0.1, 0.15) is 11.5 Å². The van der Waals surface area contributed by atoms with Crippen molar-refractivity contribution in [3.8, 4) is 11.5 Å². The van der Waals surface area contributed by atoms with Crippen molar-refractivity contribution in [2.24, 2.45) is 0 Å². The number of nitrogens with zero attached hydrogens (tertiary/aromatic N) is 1. The molecule has 1 heterocycles. The molecule has 0 saturated heterocycles. The van der Waals surface area contributed by atoms with E-state index in [-0.39, 0.29) is 13.0 Å². The number of aryl methyl sites for hydroxylation is 1. The zero-order valence-electron chi connectivity index (χ0n) is 17.4. The normalized spacial score (nSPS) is 12.4. The summed E-state index contributed by atoms with van der Waals surface area (Å²) in [5.74, 6) is -1.24. The van der Waals surface area contributed by atoms with Gasteiger partial charge in [-0.1, -0.05) is 11.6 Å². The number of anilines is 1. The highest BCUT2D eigenvalue weighted by Gasteiger charge is 2.35. The van der Waals surface area contributed by atoms with Crippen molar-refractivity contribution < 1.29 is 33.4 Å². The molecule has 1 N–H and O–H groups in total. The Labute approximate surface area is 178 Å². The number of imide groups is 1. The third-order valence-electron chi connectivity index (χ3n) is 4.71. The maximum Gasteiger partial charge on any atom is 0.308 e. The van der Waals surface area contributed by atoms with Gasteiger partial charge in [0, 0.05) is 12.6 Å². The summed E-state index contributed by atoms with van der Waals surface area (Å²) >= 11 is 0. The minimum atomic E-state index is -0.708. The van der Waals surface area contributed by atoms with Crippen molar-refractivity contribution in [2.45, 2.75) is 13.3 Å². The molecular formula is C22H22N2O7. The molecule has 0 radical (unpaired) electrons. The van der Waals surface area contributed by atoms with Crippen LogP contribution in [0.3, 0.4) is 0 Å². The summed E-state index contributed by atoms with van der Waals surface area (Å²) < 4.78 is 15.2. The molecule has 2 aromatic rings. The first-order chi connectivity index (χ1) is 14.8. The van der Waals surface area contributed by atoms with Crippen LogP contribution in [0.5, 0.6) is 11.5 Å². The monoisotopic (exact) mass is 426 g/mol. The van der Waals surface area contributed by atoms with Gasteiger partial charge >= 0.3 is 5.97 Å². The van der Waals surface area contributed by atoms with E-state index in [0.717, 1.165) is 10.5 Å². The maximum absolute atomic E-state index is 12.4.